The first-order chi connectivity index (χ1) is 18.4. The van der Waals surface area contributed by atoms with Gasteiger partial charge >= 0.3 is 0 Å². The maximum atomic E-state index is 5.02. The van der Waals surface area contributed by atoms with E-state index in [2.05, 4.69) is 113 Å². The van der Waals surface area contributed by atoms with Crippen LogP contribution in [0.2, 0.25) is 0 Å². The molecule has 1 N–H and O–H groups in total. The van der Waals surface area contributed by atoms with Gasteiger partial charge in [0, 0.05) is 39.9 Å². The Morgan fingerprint density at radius 1 is 0.459 bits per heavy atom. The first-order valence-corrected chi connectivity index (χ1v) is 12.4. The Hall–Kier alpha value is -5.02. The fourth-order valence-corrected chi connectivity index (χ4v) is 5.24. The number of nitrogens with zero attached hydrogens (tertiary/aromatic N) is 2. The summed E-state index contributed by atoms with van der Waals surface area (Å²) in [7, 11) is 0. The van der Waals surface area contributed by atoms with Crippen molar-refractivity contribution in [3.63, 3.8) is 0 Å². The molecule has 7 rings (SSSR count). The Morgan fingerprint density at radius 2 is 1.14 bits per heavy atom. The molecule has 3 nitrogen and oxygen atoms in total. The summed E-state index contributed by atoms with van der Waals surface area (Å²) in [5.41, 5.74) is 9.96. The smallest absolute Gasteiger partial charge is 0.0715 e. The number of aromatic nitrogens is 3. The van der Waals surface area contributed by atoms with Crippen LogP contribution in [0.15, 0.2) is 134 Å². The monoisotopic (exact) mass is 473 g/mol. The predicted molar refractivity (Wildman–Crippen MR) is 153 cm³/mol. The molecule has 3 heteroatoms. The normalized spacial score (nSPS) is 11.2. The zero-order valence-corrected chi connectivity index (χ0v) is 20.1. The van der Waals surface area contributed by atoms with Crippen LogP contribution in [0, 0.1) is 0 Å². The van der Waals surface area contributed by atoms with E-state index >= 15 is 0 Å². The highest BCUT2D eigenvalue weighted by molar-refractivity contribution is 6.16. The van der Waals surface area contributed by atoms with Gasteiger partial charge in [-0.05, 0) is 40.8 Å². The van der Waals surface area contributed by atoms with Gasteiger partial charge in [0.15, 0.2) is 0 Å². The Balaban J connectivity index is 1.47. The Kier molecular flexibility index (Phi) is 5.11. The summed E-state index contributed by atoms with van der Waals surface area (Å²) in [6.45, 7) is 0. The van der Waals surface area contributed by atoms with E-state index in [1.54, 1.807) is 12.4 Å². The Bertz CT molecular complexity index is 1850. The fraction of sp³-hybridized carbons (Fsp3) is 0. The lowest BCUT2D eigenvalue weighted by Crippen LogP contribution is -1.89. The topological polar surface area (TPSA) is 41.6 Å². The van der Waals surface area contributed by atoms with E-state index in [9.17, 15) is 0 Å². The molecule has 0 amide bonds. The molecule has 174 valence electrons. The quantitative estimate of drug-likeness (QED) is 0.277. The first-order valence-electron chi connectivity index (χ1n) is 12.4. The third-order valence-electron chi connectivity index (χ3n) is 6.96. The van der Waals surface area contributed by atoms with Crippen molar-refractivity contribution in [1.29, 1.82) is 0 Å². The van der Waals surface area contributed by atoms with Crippen LogP contribution in [-0.2, 0) is 0 Å². The van der Waals surface area contributed by atoms with Gasteiger partial charge in [0.1, 0.15) is 0 Å². The second-order valence-electron chi connectivity index (χ2n) is 9.14. The summed E-state index contributed by atoms with van der Waals surface area (Å²) >= 11 is 0. The Labute approximate surface area is 215 Å². The van der Waals surface area contributed by atoms with Crippen LogP contribution in [-0.4, -0.2) is 15.0 Å². The molecule has 37 heavy (non-hydrogen) atoms. The van der Waals surface area contributed by atoms with Crippen LogP contribution in [0.3, 0.4) is 0 Å². The molecule has 7 aromatic rings. The molecule has 4 aromatic carbocycles. The number of aromatic amines is 1. The molecule has 0 saturated heterocycles. The minimum absolute atomic E-state index is 0.940. The van der Waals surface area contributed by atoms with E-state index in [1.807, 2.05) is 18.2 Å². The summed E-state index contributed by atoms with van der Waals surface area (Å²) in [6.07, 6.45) is 3.61. The van der Waals surface area contributed by atoms with Gasteiger partial charge in [-0.25, -0.2) is 4.98 Å². The number of hydrogen-bond acceptors (Lipinski definition) is 2. The van der Waals surface area contributed by atoms with Crippen LogP contribution in [0.5, 0.6) is 0 Å². The molecule has 0 radical (unpaired) electrons. The number of nitrogens with one attached hydrogen (secondary N) is 1. The van der Waals surface area contributed by atoms with Crippen molar-refractivity contribution >= 4 is 21.7 Å². The highest BCUT2D eigenvalue weighted by atomic mass is 14.7. The maximum absolute atomic E-state index is 5.02. The molecule has 0 saturated carbocycles. The van der Waals surface area contributed by atoms with Gasteiger partial charge in [-0.1, -0.05) is 97.1 Å². The summed E-state index contributed by atoms with van der Waals surface area (Å²) in [5, 5.41) is 3.58. The zero-order chi connectivity index (χ0) is 24.6. The van der Waals surface area contributed by atoms with Gasteiger partial charge < -0.3 is 4.98 Å². The van der Waals surface area contributed by atoms with Crippen LogP contribution < -0.4 is 0 Å². The molecule has 0 spiro atoms. The van der Waals surface area contributed by atoms with Gasteiger partial charge in [-0.15, -0.1) is 0 Å². The van der Waals surface area contributed by atoms with E-state index in [4.69, 9.17) is 4.98 Å². The van der Waals surface area contributed by atoms with Crippen LogP contribution in [0.1, 0.15) is 0 Å². The largest absolute Gasteiger partial charge is 0.353 e. The number of pyridine rings is 2. The van der Waals surface area contributed by atoms with Crippen molar-refractivity contribution in [3.8, 4) is 44.9 Å². The average molecular weight is 474 g/mol. The molecule has 0 fully saturated rings. The van der Waals surface area contributed by atoms with Crippen molar-refractivity contribution in [3.05, 3.63) is 134 Å². The summed E-state index contributed by atoms with van der Waals surface area (Å²) < 4.78 is 0. The minimum atomic E-state index is 0.940. The number of hydrogen-bond donors (Lipinski definition) is 1. The van der Waals surface area contributed by atoms with Gasteiger partial charge in [0.25, 0.3) is 0 Å². The molecular weight excluding hydrogens is 450 g/mol. The number of H-pyrrole nitrogens is 1. The van der Waals surface area contributed by atoms with E-state index in [0.29, 0.717) is 0 Å². The molecule has 0 aliphatic carbocycles. The van der Waals surface area contributed by atoms with Crippen molar-refractivity contribution in [1.82, 2.24) is 15.0 Å². The lowest BCUT2D eigenvalue weighted by Gasteiger charge is -2.09. The zero-order valence-electron chi connectivity index (χ0n) is 20.1. The molecule has 0 aliphatic heterocycles. The fourth-order valence-electron chi connectivity index (χ4n) is 5.24. The number of rotatable bonds is 4. The lowest BCUT2D eigenvalue weighted by molar-refractivity contribution is 1.29. The number of benzene rings is 4. The van der Waals surface area contributed by atoms with Gasteiger partial charge in [-0.2, -0.15) is 0 Å². The van der Waals surface area contributed by atoms with Crippen molar-refractivity contribution < 1.29 is 0 Å². The van der Waals surface area contributed by atoms with Gasteiger partial charge in [-0.3, -0.25) is 4.98 Å². The van der Waals surface area contributed by atoms with Crippen LogP contribution >= 0.6 is 0 Å². The van der Waals surface area contributed by atoms with E-state index < -0.39 is 0 Å². The minimum Gasteiger partial charge on any atom is -0.353 e. The second kappa shape index (κ2) is 8.89. The van der Waals surface area contributed by atoms with E-state index in [-0.39, 0.29) is 0 Å². The lowest BCUT2D eigenvalue weighted by atomic mass is 9.95. The summed E-state index contributed by atoms with van der Waals surface area (Å²) in [5.74, 6) is 0. The molecule has 0 aliphatic rings. The van der Waals surface area contributed by atoms with Gasteiger partial charge in [0.2, 0.25) is 0 Å². The molecule has 3 aromatic heterocycles. The predicted octanol–water partition coefficient (Wildman–Crippen LogP) is 8.78. The standard InChI is InChI=1S/C34H23N3/c1-3-9-24(10-4-1)32-29-18-17-26-27(31-16-8-15-30(36-31)23-19-21-35-22-20-23)13-7-14-28(26)34(29)37-33(32)25-11-5-2-6-12-25/h1-22,37H. The van der Waals surface area contributed by atoms with Crippen molar-refractivity contribution in [2.45, 2.75) is 0 Å². The van der Waals surface area contributed by atoms with E-state index in [0.717, 1.165) is 33.7 Å². The van der Waals surface area contributed by atoms with Crippen LogP contribution in [0.25, 0.3) is 66.6 Å². The molecule has 0 bridgehead atoms. The molecular formula is C34H23N3. The third-order valence-corrected chi connectivity index (χ3v) is 6.96. The SMILES string of the molecule is c1ccc(-c2[nH]c3c(ccc4c(-c5cccc(-c6ccncc6)n5)cccc43)c2-c2ccccc2)cc1. The van der Waals surface area contributed by atoms with E-state index in [1.165, 1.54) is 32.8 Å². The van der Waals surface area contributed by atoms with Crippen molar-refractivity contribution in [2.24, 2.45) is 0 Å². The third kappa shape index (κ3) is 3.69. The Morgan fingerprint density at radius 3 is 1.92 bits per heavy atom. The molecule has 0 atom stereocenters. The first kappa shape index (κ1) is 21.3. The highest BCUT2D eigenvalue weighted by Gasteiger charge is 2.18. The highest BCUT2D eigenvalue weighted by Crippen LogP contribution is 2.42. The summed E-state index contributed by atoms with van der Waals surface area (Å²) in [6, 6.07) is 42.4. The molecule has 3 heterocycles. The van der Waals surface area contributed by atoms with Gasteiger partial charge in [0.05, 0.1) is 22.6 Å². The number of fused-ring (bicyclic) bond motifs is 3. The average Bonchev–Trinajstić information content (AvgIpc) is 3.39. The second-order valence-corrected chi connectivity index (χ2v) is 9.14. The molecule has 0 unspecified atom stereocenters. The maximum Gasteiger partial charge on any atom is 0.0715 e. The summed E-state index contributed by atoms with van der Waals surface area (Å²) in [4.78, 5) is 13.0. The van der Waals surface area contributed by atoms with Crippen molar-refractivity contribution in [2.75, 3.05) is 0 Å². The van der Waals surface area contributed by atoms with Crippen LogP contribution in [0.4, 0.5) is 0 Å².